The molecule has 0 aromatic carbocycles. The van der Waals surface area contributed by atoms with Gasteiger partial charge in [-0.3, -0.25) is 0 Å². The summed E-state index contributed by atoms with van der Waals surface area (Å²) in [6, 6.07) is 0. The van der Waals surface area contributed by atoms with E-state index < -0.39 is 5.15 Å². The Morgan fingerprint density at radius 1 is 1.12 bits per heavy atom. The number of hydrogen-bond acceptors (Lipinski definition) is 3. The first kappa shape index (κ1) is 16.6. The van der Waals surface area contributed by atoms with E-state index in [9.17, 15) is 0 Å². The Morgan fingerprint density at radius 2 is 1.65 bits per heavy atom. The van der Waals surface area contributed by atoms with Gasteiger partial charge in [0.2, 0.25) is 0 Å². The van der Waals surface area contributed by atoms with E-state index in [1.54, 1.807) is 0 Å². The SMILES string of the molecule is CC(C)[PH]([Au][S]C1=NCCS1)(C(C)C)C(C)C. The molecule has 1 heterocycles. The van der Waals surface area contributed by atoms with Crippen LogP contribution in [0.15, 0.2) is 4.99 Å². The fourth-order valence-electron chi connectivity index (χ4n) is 2.65. The third-order valence-corrected chi connectivity index (χ3v) is 33.3. The Hall–Kier alpha value is 1.54. The van der Waals surface area contributed by atoms with Crippen molar-refractivity contribution < 1.29 is 17.9 Å². The molecule has 17 heavy (non-hydrogen) atoms. The summed E-state index contributed by atoms with van der Waals surface area (Å²) in [5.41, 5.74) is 2.72. The van der Waals surface area contributed by atoms with Gasteiger partial charge >= 0.3 is 124 Å². The summed E-state index contributed by atoms with van der Waals surface area (Å²) in [5, 5.41) is -1.13. The van der Waals surface area contributed by atoms with E-state index in [1.165, 1.54) is 10.1 Å². The first-order valence-corrected chi connectivity index (χ1v) is 15.9. The maximum atomic E-state index is 4.61. The van der Waals surface area contributed by atoms with Crippen molar-refractivity contribution in [2.75, 3.05) is 12.3 Å². The minimum atomic E-state index is -1.13. The number of thioether (sulfide) groups is 1. The third kappa shape index (κ3) is 4.00. The van der Waals surface area contributed by atoms with Gasteiger partial charge in [-0.05, 0) is 0 Å². The Morgan fingerprint density at radius 3 is 2.00 bits per heavy atom. The molecule has 0 aromatic heterocycles. The van der Waals surface area contributed by atoms with Gasteiger partial charge < -0.3 is 0 Å². The maximum absolute atomic E-state index is 4.61. The molecule has 0 saturated carbocycles. The molecule has 0 amide bonds. The predicted molar refractivity (Wildman–Crippen MR) is 86.1 cm³/mol. The van der Waals surface area contributed by atoms with Crippen molar-refractivity contribution in [2.24, 2.45) is 4.99 Å². The van der Waals surface area contributed by atoms with Crippen molar-refractivity contribution in [3.8, 4) is 0 Å². The average Bonchev–Trinajstić information content (AvgIpc) is 2.69. The van der Waals surface area contributed by atoms with E-state index in [2.05, 4.69) is 55.8 Å². The first-order valence-electron chi connectivity index (χ1n) is 6.34. The van der Waals surface area contributed by atoms with E-state index in [-0.39, 0.29) is 0 Å². The number of nitrogens with zero attached hydrogens (tertiary/aromatic N) is 1. The van der Waals surface area contributed by atoms with Crippen LogP contribution in [0.3, 0.4) is 0 Å². The molecule has 0 radical (unpaired) electrons. The zero-order chi connectivity index (χ0) is 13.1. The van der Waals surface area contributed by atoms with Crippen molar-refractivity contribution in [3.05, 3.63) is 0 Å². The van der Waals surface area contributed by atoms with Crippen LogP contribution in [0.5, 0.6) is 0 Å². The minimum absolute atomic E-state index is 0.371. The van der Waals surface area contributed by atoms with Crippen molar-refractivity contribution in [1.29, 1.82) is 0 Å². The summed E-state index contributed by atoms with van der Waals surface area (Å²) < 4.78 is 1.39. The Balaban J connectivity index is 2.74. The fraction of sp³-hybridized carbons (Fsp3) is 0.917. The molecule has 0 aromatic rings. The van der Waals surface area contributed by atoms with E-state index in [0.29, 0.717) is 17.9 Å². The van der Waals surface area contributed by atoms with E-state index >= 15 is 0 Å². The van der Waals surface area contributed by atoms with Gasteiger partial charge in [0.15, 0.2) is 0 Å². The van der Waals surface area contributed by atoms with E-state index in [4.69, 9.17) is 0 Å². The molecule has 0 atom stereocenters. The first-order chi connectivity index (χ1) is 7.91. The van der Waals surface area contributed by atoms with E-state index in [1.807, 2.05) is 11.8 Å². The number of rotatable bonds is 5. The molecule has 107 valence electrons. The van der Waals surface area contributed by atoms with Crippen LogP contribution in [-0.2, 0) is 17.9 Å². The Labute approximate surface area is 123 Å². The van der Waals surface area contributed by atoms with Crippen LogP contribution >= 0.6 is 26.1 Å². The zero-order valence-electron chi connectivity index (χ0n) is 11.7. The number of hydrogen-bond donors (Lipinski definition) is 0. The van der Waals surface area contributed by atoms with Gasteiger partial charge in [0.1, 0.15) is 0 Å². The molecule has 0 aliphatic carbocycles. The van der Waals surface area contributed by atoms with Gasteiger partial charge in [-0.25, -0.2) is 0 Å². The zero-order valence-corrected chi connectivity index (χ0v) is 16.5. The summed E-state index contributed by atoms with van der Waals surface area (Å²) in [7, 11) is 2.15. The molecule has 0 unspecified atom stereocenters. The van der Waals surface area contributed by atoms with E-state index in [0.717, 1.165) is 23.5 Å². The van der Waals surface area contributed by atoms with Gasteiger partial charge in [-0.2, -0.15) is 0 Å². The molecule has 0 saturated heterocycles. The van der Waals surface area contributed by atoms with Crippen LogP contribution in [-0.4, -0.2) is 33.7 Å². The molecule has 0 N–H and O–H groups in total. The summed E-state index contributed by atoms with van der Waals surface area (Å²) in [4.78, 5) is 4.61. The summed E-state index contributed by atoms with van der Waals surface area (Å²) in [6.07, 6.45) is 0. The van der Waals surface area contributed by atoms with Crippen LogP contribution < -0.4 is 0 Å². The summed E-state index contributed by atoms with van der Waals surface area (Å²) in [6.45, 7) is 15.8. The second-order valence-electron chi connectivity index (χ2n) is 5.34. The molecule has 0 fully saturated rings. The molecule has 1 rings (SSSR count). The van der Waals surface area contributed by atoms with Crippen molar-refractivity contribution >= 4 is 30.5 Å². The van der Waals surface area contributed by atoms with Gasteiger partial charge in [0.05, 0.1) is 0 Å². The Bertz CT molecular complexity index is 258. The van der Waals surface area contributed by atoms with Gasteiger partial charge in [0, 0.05) is 0 Å². The van der Waals surface area contributed by atoms with Crippen LogP contribution in [0.25, 0.3) is 0 Å². The molecule has 1 aliphatic rings. The molecule has 1 aliphatic heterocycles. The molecule has 0 spiro atoms. The van der Waals surface area contributed by atoms with Crippen LogP contribution in [0.2, 0.25) is 0 Å². The quantitative estimate of drug-likeness (QED) is 0.421. The number of aliphatic imine (C=N–C) groups is 1. The van der Waals surface area contributed by atoms with Crippen LogP contribution in [0, 0.1) is 0 Å². The predicted octanol–water partition coefficient (Wildman–Crippen LogP) is 4.71. The average molecular weight is 476 g/mol. The van der Waals surface area contributed by atoms with Gasteiger partial charge in [-0.1, -0.05) is 0 Å². The molecule has 5 heteroatoms. The van der Waals surface area contributed by atoms with Crippen molar-refractivity contribution in [3.63, 3.8) is 0 Å². The molecule has 0 bridgehead atoms. The molecular weight excluding hydrogens is 450 g/mol. The molecule has 1 nitrogen and oxygen atoms in total. The third-order valence-electron chi connectivity index (χ3n) is 3.27. The van der Waals surface area contributed by atoms with Crippen molar-refractivity contribution in [2.45, 2.75) is 58.5 Å². The molecular formula is C12H26AuNPS2. The van der Waals surface area contributed by atoms with Crippen LogP contribution in [0.4, 0.5) is 0 Å². The van der Waals surface area contributed by atoms with Gasteiger partial charge in [-0.15, -0.1) is 0 Å². The van der Waals surface area contributed by atoms with Crippen molar-refractivity contribution in [1.82, 2.24) is 0 Å². The summed E-state index contributed by atoms with van der Waals surface area (Å²) >= 11 is 2.35. The van der Waals surface area contributed by atoms with Crippen LogP contribution in [0.1, 0.15) is 41.5 Å². The second kappa shape index (κ2) is 7.36. The normalized spacial score (nSPS) is 18.5. The standard InChI is InChI=1S/C9H21P.C3H5NS2.Au/c1-7(2)10(8(3)4)9(5)6;5-3-4-1-2-6-3;/h7-9H,1-6H3;1-2H2,(H,4,5);. The fourth-order valence-corrected chi connectivity index (χ4v) is 32.4. The monoisotopic (exact) mass is 476 g/mol. The second-order valence-corrected chi connectivity index (χ2v) is 23.6. The van der Waals surface area contributed by atoms with Gasteiger partial charge in [0.25, 0.3) is 0 Å². The summed E-state index contributed by atoms with van der Waals surface area (Å²) in [5.74, 6) is 1.21. The Kier molecular flexibility index (Phi) is 7.18. The topological polar surface area (TPSA) is 12.4 Å².